The van der Waals surface area contributed by atoms with Gasteiger partial charge in [-0.1, -0.05) is 44.1 Å². The normalized spacial score (nSPS) is 27.8. The SMILES string of the molecule is CCCCC1([C@@H](O)/C=C/[C@H]2[C@H](O)CC(=O)[C@@H]2C/C=C\CCCC(=O)O)SCCCS1. The highest BCUT2D eigenvalue weighted by molar-refractivity contribution is 8.18. The maximum atomic E-state index is 12.4. The predicted octanol–water partition coefficient (Wildman–Crippen LogP) is 4.43. The number of aliphatic carboxylic acids is 1. The van der Waals surface area contributed by atoms with Crippen molar-refractivity contribution in [2.75, 3.05) is 11.5 Å². The molecule has 0 bridgehead atoms. The lowest BCUT2D eigenvalue weighted by atomic mass is 9.90. The minimum Gasteiger partial charge on any atom is -0.481 e. The summed E-state index contributed by atoms with van der Waals surface area (Å²) < 4.78 is -0.224. The molecule has 1 aliphatic carbocycles. The molecule has 0 aromatic heterocycles. The monoisotopic (exact) mass is 456 g/mol. The number of allylic oxidation sites excluding steroid dienone is 2. The molecule has 1 saturated carbocycles. The van der Waals surface area contributed by atoms with E-state index < -0.39 is 18.2 Å². The third kappa shape index (κ3) is 7.43. The average molecular weight is 457 g/mol. The Morgan fingerprint density at radius 1 is 1.27 bits per heavy atom. The summed E-state index contributed by atoms with van der Waals surface area (Å²) in [7, 11) is 0. The van der Waals surface area contributed by atoms with Crippen LogP contribution in [0.4, 0.5) is 0 Å². The number of carboxylic acid groups (broad SMARTS) is 1. The lowest BCUT2D eigenvalue weighted by molar-refractivity contribution is -0.137. The summed E-state index contributed by atoms with van der Waals surface area (Å²) in [5.41, 5.74) is 0. The first-order valence-electron chi connectivity index (χ1n) is 11.1. The molecule has 2 rings (SSSR count). The van der Waals surface area contributed by atoms with Crippen molar-refractivity contribution >= 4 is 35.3 Å². The lowest BCUT2D eigenvalue weighted by Gasteiger charge is -2.39. The molecular formula is C23H36O5S2. The molecule has 0 amide bonds. The van der Waals surface area contributed by atoms with Crippen LogP contribution in [0.25, 0.3) is 0 Å². The highest BCUT2D eigenvalue weighted by Gasteiger charge is 2.41. The molecule has 5 nitrogen and oxygen atoms in total. The van der Waals surface area contributed by atoms with E-state index in [1.165, 1.54) is 0 Å². The van der Waals surface area contributed by atoms with E-state index in [0.29, 0.717) is 19.3 Å². The molecule has 30 heavy (non-hydrogen) atoms. The highest BCUT2D eigenvalue weighted by atomic mass is 32.2. The van der Waals surface area contributed by atoms with Crippen molar-refractivity contribution in [1.29, 1.82) is 0 Å². The number of rotatable bonds is 12. The first-order valence-corrected chi connectivity index (χ1v) is 13.1. The van der Waals surface area contributed by atoms with Crippen LogP contribution < -0.4 is 0 Å². The van der Waals surface area contributed by atoms with E-state index in [1.807, 2.05) is 47.8 Å². The number of carbonyl (C=O) groups is 2. The fraction of sp³-hybridized carbons (Fsp3) is 0.739. The molecule has 1 saturated heterocycles. The van der Waals surface area contributed by atoms with Crippen molar-refractivity contribution in [3.8, 4) is 0 Å². The van der Waals surface area contributed by atoms with Gasteiger partial charge in [0.15, 0.2) is 0 Å². The number of unbranched alkanes of at least 4 members (excludes halogenated alkanes) is 2. The fourth-order valence-corrected chi connectivity index (χ4v) is 7.48. The largest absolute Gasteiger partial charge is 0.481 e. The van der Waals surface area contributed by atoms with Crippen LogP contribution in [0.3, 0.4) is 0 Å². The first-order chi connectivity index (χ1) is 14.4. The second kappa shape index (κ2) is 12.9. The molecule has 1 heterocycles. The lowest BCUT2D eigenvalue weighted by Crippen LogP contribution is -2.37. The Morgan fingerprint density at radius 3 is 2.67 bits per heavy atom. The molecule has 170 valence electrons. The summed E-state index contributed by atoms with van der Waals surface area (Å²) in [6, 6.07) is 0. The van der Waals surface area contributed by atoms with Crippen LogP contribution in [0.1, 0.15) is 64.7 Å². The number of carbonyl (C=O) groups excluding carboxylic acids is 1. The van der Waals surface area contributed by atoms with Crippen LogP contribution in [0, 0.1) is 11.8 Å². The van der Waals surface area contributed by atoms with Crippen LogP contribution in [-0.4, -0.2) is 54.9 Å². The van der Waals surface area contributed by atoms with Gasteiger partial charge >= 0.3 is 5.97 Å². The van der Waals surface area contributed by atoms with Crippen molar-refractivity contribution in [2.24, 2.45) is 11.8 Å². The molecule has 3 N–H and O–H groups in total. The van der Waals surface area contributed by atoms with E-state index in [9.17, 15) is 19.8 Å². The number of Topliss-reactive ketones (excluding diaryl/α,β-unsaturated/α-hetero) is 1. The van der Waals surface area contributed by atoms with E-state index in [1.54, 1.807) is 0 Å². The molecule has 2 fully saturated rings. The zero-order valence-corrected chi connectivity index (χ0v) is 19.5. The van der Waals surface area contributed by atoms with Crippen LogP contribution in [0.15, 0.2) is 24.3 Å². The van der Waals surface area contributed by atoms with E-state index in [2.05, 4.69) is 6.92 Å². The number of ketones is 1. The molecule has 0 spiro atoms. The molecule has 0 aromatic carbocycles. The number of hydrogen-bond acceptors (Lipinski definition) is 6. The molecule has 2 aliphatic rings. The van der Waals surface area contributed by atoms with E-state index in [-0.39, 0.29) is 34.5 Å². The van der Waals surface area contributed by atoms with Crippen molar-refractivity contribution in [2.45, 2.75) is 81.0 Å². The van der Waals surface area contributed by atoms with Gasteiger partial charge in [-0.05, 0) is 43.6 Å². The predicted molar refractivity (Wildman–Crippen MR) is 125 cm³/mol. The van der Waals surface area contributed by atoms with Crippen LogP contribution in [0.5, 0.6) is 0 Å². The molecular weight excluding hydrogens is 420 g/mol. The Labute approximate surface area is 188 Å². The Kier molecular flexibility index (Phi) is 11.0. The number of thioether (sulfide) groups is 2. The standard InChI is InChI=1S/C23H36O5S2/c1-2-3-13-23(29-14-8-15-30-23)21(26)12-11-18-17(19(24)16-20(18)25)9-6-4-5-7-10-22(27)28/h4,6,11-12,17-18,20-21,25-26H,2-3,5,7-10,13-16H2,1H3,(H,27,28)/b6-4-,12-11+/t17-,18-,20-,21+/m1/s1. The quantitative estimate of drug-likeness (QED) is 0.295. The number of carboxylic acids is 1. The average Bonchev–Trinajstić information content (AvgIpc) is 3.00. The fourth-order valence-electron chi connectivity index (χ4n) is 4.12. The van der Waals surface area contributed by atoms with Crippen molar-refractivity contribution in [1.82, 2.24) is 0 Å². The number of hydrogen-bond donors (Lipinski definition) is 3. The van der Waals surface area contributed by atoms with E-state index in [0.717, 1.165) is 37.2 Å². The molecule has 0 aromatic rings. The van der Waals surface area contributed by atoms with Crippen molar-refractivity contribution in [3.63, 3.8) is 0 Å². The van der Waals surface area contributed by atoms with Gasteiger partial charge in [-0.25, -0.2) is 0 Å². The summed E-state index contributed by atoms with van der Waals surface area (Å²) in [6.07, 6.45) is 12.6. The van der Waals surface area contributed by atoms with Gasteiger partial charge in [0.05, 0.1) is 16.3 Å². The van der Waals surface area contributed by atoms with Crippen LogP contribution in [0.2, 0.25) is 0 Å². The van der Waals surface area contributed by atoms with Gasteiger partial charge in [-0.2, -0.15) is 0 Å². The van der Waals surface area contributed by atoms with Gasteiger partial charge in [-0.3, -0.25) is 9.59 Å². The second-order valence-electron chi connectivity index (χ2n) is 8.21. The molecule has 0 radical (unpaired) electrons. The zero-order valence-electron chi connectivity index (χ0n) is 17.9. The van der Waals surface area contributed by atoms with Crippen molar-refractivity contribution < 1.29 is 24.9 Å². The summed E-state index contributed by atoms with van der Waals surface area (Å²) >= 11 is 3.69. The van der Waals surface area contributed by atoms with Crippen LogP contribution >= 0.6 is 23.5 Å². The second-order valence-corrected chi connectivity index (χ2v) is 11.3. The number of aliphatic hydroxyl groups excluding tert-OH is 2. The van der Waals surface area contributed by atoms with Crippen molar-refractivity contribution in [3.05, 3.63) is 24.3 Å². The summed E-state index contributed by atoms with van der Waals surface area (Å²) in [5, 5.41) is 30.1. The molecule has 4 atom stereocenters. The summed E-state index contributed by atoms with van der Waals surface area (Å²) in [5.74, 6) is 0.814. The Morgan fingerprint density at radius 2 is 2.00 bits per heavy atom. The minimum atomic E-state index is -0.799. The van der Waals surface area contributed by atoms with E-state index >= 15 is 0 Å². The Hall–Kier alpha value is -0.760. The third-order valence-electron chi connectivity index (χ3n) is 5.88. The van der Waals surface area contributed by atoms with E-state index in [4.69, 9.17) is 5.11 Å². The first kappa shape index (κ1) is 25.5. The number of aliphatic hydroxyl groups is 2. The zero-order chi connectivity index (χ0) is 22.0. The van der Waals surface area contributed by atoms with Gasteiger partial charge in [0.25, 0.3) is 0 Å². The van der Waals surface area contributed by atoms with Gasteiger partial charge in [0.2, 0.25) is 0 Å². The maximum absolute atomic E-state index is 12.4. The molecule has 0 unspecified atom stereocenters. The Balaban J connectivity index is 1.98. The van der Waals surface area contributed by atoms with Gasteiger partial charge in [0, 0.05) is 24.7 Å². The maximum Gasteiger partial charge on any atom is 0.303 e. The van der Waals surface area contributed by atoms with Crippen LogP contribution in [-0.2, 0) is 9.59 Å². The van der Waals surface area contributed by atoms with Gasteiger partial charge in [-0.15, -0.1) is 23.5 Å². The smallest absolute Gasteiger partial charge is 0.303 e. The minimum absolute atomic E-state index is 0.0592. The summed E-state index contributed by atoms with van der Waals surface area (Å²) in [4.78, 5) is 22.9. The third-order valence-corrected chi connectivity index (χ3v) is 9.44. The van der Waals surface area contributed by atoms with Gasteiger partial charge < -0.3 is 15.3 Å². The Bertz CT molecular complexity index is 613. The molecule has 7 heteroatoms. The topological polar surface area (TPSA) is 94.8 Å². The van der Waals surface area contributed by atoms with Gasteiger partial charge in [0.1, 0.15) is 5.78 Å². The molecule has 1 aliphatic heterocycles. The summed E-state index contributed by atoms with van der Waals surface area (Å²) in [6.45, 7) is 2.16. The highest BCUT2D eigenvalue weighted by Crippen LogP contribution is 2.49.